The Kier molecular flexibility index (Phi) is 2.77. The maximum atomic E-state index is 10.8. The molecule has 1 aliphatic carbocycles. The summed E-state index contributed by atoms with van der Waals surface area (Å²) in [5.74, 6) is -0.188. The first-order valence-corrected chi connectivity index (χ1v) is 5.71. The zero-order valence-electron chi connectivity index (χ0n) is 8.80. The Bertz CT molecular complexity index is 211. The summed E-state index contributed by atoms with van der Waals surface area (Å²) < 4.78 is 0. The molecule has 1 saturated carbocycles. The first kappa shape index (κ1) is 9.97. The van der Waals surface area contributed by atoms with Gasteiger partial charge in [-0.2, -0.15) is 0 Å². The molecule has 2 aliphatic rings. The average molecular weight is 196 g/mol. The second-order valence-corrected chi connectivity index (χ2v) is 4.95. The number of amides is 1. The van der Waals surface area contributed by atoms with E-state index in [4.69, 9.17) is 5.73 Å². The summed E-state index contributed by atoms with van der Waals surface area (Å²) in [7, 11) is 0. The minimum Gasteiger partial charge on any atom is -0.369 e. The van der Waals surface area contributed by atoms with Crippen LogP contribution in [-0.4, -0.2) is 30.4 Å². The molecule has 14 heavy (non-hydrogen) atoms. The quantitative estimate of drug-likeness (QED) is 0.719. The molecule has 1 saturated heterocycles. The third-order valence-corrected chi connectivity index (χ3v) is 3.96. The van der Waals surface area contributed by atoms with Gasteiger partial charge in [-0.1, -0.05) is 12.8 Å². The van der Waals surface area contributed by atoms with Gasteiger partial charge in [-0.15, -0.1) is 0 Å². The summed E-state index contributed by atoms with van der Waals surface area (Å²) in [6, 6.07) is 0. The Hall–Kier alpha value is -0.570. The second-order valence-electron chi connectivity index (χ2n) is 4.95. The number of hydrogen-bond donors (Lipinski definition) is 1. The van der Waals surface area contributed by atoms with E-state index in [2.05, 4.69) is 4.90 Å². The number of carbonyl (C=O) groups excluding carboxylic acids is 1. The molecular weight excluding hydrogens is 176 g/mol. The minimum absolute atomic E-state index is 0.188. The van der Waals surface area contributed by atoms with Crippen molar-refractivity contribution >= 4 is 5.91 Å². The standard InChI is InChI=1S/C11H20N2O/c12-10(14)9-13-7-5-11(6-8-13)3-1-2-4-11/h1-9H2,(H2,12,14). The molecule has 2 N–H and O–H groups in total. The first-order valence-electron chi connectivity index (χ1n) is 5.71. The molecule has 0 atom stereocenters. The molecule has 1 spiro atoms. The van der Waals surface area contributed by atoms with Crippen molar-refractivity contribution in [2.75, 3.05) is 19.6 Å². The van der Waals surface area contributed by atoms with Crippen molar-refractivity contribution < 1.29 is 4.79 Å². The lowest BCUT2D eigenvalue weighted by Gasteiger charge is -2.38. The van der Waals surface area contributed by atoms with Crippen molar-refractivity contribution in [2.24, 2.45) is 11.1 Å². The molecule has 0 aromatic heterocycles. The van der Waals surface area contributed by atoms with Gasteiger partial charge < -0.3 is 5.73 Å². The van der Waals surface area contributed by atoms with Crippen molar-refractivity contribution in [3.05, 3.63) is 0 Å². The van der Waals surface area contributed by atoms with Crippen LogP contribution in [0.5, 0.6) is 0 Å². The molecule has 1 amide bonds. The van der Waals surface area contributed by atoms with Crippen LogP contribution in [0.3, 0.4) is 0 Å². The van der Waals surface area contributed by atoms with Gasteiger partial charge in [0.05, 0.1) is 6.54 Å². The summed E-state index contributed by atoms with van der Waals surface area (Å²) in [5, 5.41) is 0. The van der Waals surface area contributed by atoms with E-state index in [1.807, 2.05) is 0 Å². The Morgan fingerprint density at radius 1 is 1.14 bits per heavy atom. The van der Waals surface area contributed by atoms with Crippen LogP contribution in [0.4, 0.5) is 0 Å². The van der Waals surface area contributed by atoms with Crippen LogP contribution >= 0.6 is 0 Å². The van der Waals surface area contributed by atoms with E-state index < -0.39 is 0 Å². The molecule has 0 unspecified atom stereocenters. The van der Waals surface area contributed by atoms with Crippen LogP contribution in [0.1, 0.15) is 38.5 Å². The van der Waals surface area contributed by atoms with Gasteiger partial charge in [-0.3, -0.25) is 9.69 Å². The molecule has 1 aliphatic heterocycles. The monoisotopic (exact) mass is 196 g/mol. The zero-order valence-corrected chi connectivity index (χ0v) is 8.80. The molecule has 0 radical (unpaired) electrons. The molecule has 0 aromatic rings. The number of nitrogens with zero attached hydrogens (tertiary/aromatic N) is 1. The average Bonchev–Trinajstić information content (AvgIpc) is 2.58. The Morgan fingerprint density at radius 2 is 1.71 bits per heavy atom. The molecule has 3 nitrogen and oxygen atoms in total. The molecule has 2 rings (SSSR count). The molecule has 0 aromatic carbocycles. The normalized spacial score (nSPS) is 26.9. The van der Waals surface area contributed by atoms with E-state index in [0.29, 0.717) is 12.0 Å². The fourth-order valence-electron chi connectivity index (χ4n) is 3.03. The van der Waals surface area contributed by atoms with Gasteiger partial charge in [0.1, 0.15) is 0 Å². The van der Waals surface area contributed by atoms with E-state index >= 15 is 0 Å². The Morgan fingerprint density at radius 3 is 2.21 bits per heavy atom. The molecule has 3 heteroatoms. The van der Waals surface area contributed by atoms with E-state index in [1.54, 1.807) is 0 Å². The number of piperidine rings is 1. The van der Waals surface area contributed by atoms with E-state index in [0.717, 1.165) is 13.1 Å². The third-order valence-electron chi connectivity index (χ3n) is 3.96. The number of nitrogens with two attached hydrogens (primary N) is 1. The van der Waals surface area contributed by atoms with Crippen LogP contribution in [0, 0.1) is 5.41 Å². The topological polar surface area (TPSA) is 46.3 Å². The second kappa shape index (κ2) is 3.89. The van der Waals surface area contributed by atoms with E-state index in [-0.39, 0.29) is 5.91 Å². The van der Waals surface area contributed by atoms with Crippen molar-refractivity contribution in [3.63, 3.8) is 0 Å². The fraction of sp³-hybridized carbons (Fsp3) is 0.909. The highest BCUT2D eigenvalue weighted by atomic mass is 16.1. The lowest BCUT2D eigenvalue weighted by Crippen LogP contribution is -2.42. The van der Waals surface area contributed by atoms with Crippen LogP contribution in [-0.2, 0) is 4.79 Å². The predicted octanol–water partition coefficient (Wildman–Crippen LogP) is 1.13. The van der Waals surface area contributed by atoms with Crippen LogP contribution in [0.2, 0.25) is 0 Å². The third kappa shape index (κ3) is 2.08. The van der Waals surface area contributed by atoms with Gasteiger partial charge in [0.25, 0.3) is 0 Å². The maximum Gasteiger partial charge on any atom is 0.231 e. The number of primary amides is 1. The van der Waals surface area contributed by atoms with Crippen LogP contribution < -0.4 is 5.73 Å². The number of carbonyl (C=O) groups is 1. The Labute approximate surface area is 85.6 Å². The minimum atomic E-state index is -0.188. The van der Waals surface area contributed by atoms with Crippen molar-refractivity contribution in [2.45, 2.75) is 38.5 Å². The summed E-state index contributed by atoms with van der Waals surface area (Å²) >= 11 is 0. The van der Waals surface area contributed by atoms with Crippen molar-refractivity contribution in [3.8, 4) is 0 Å². The van der Waals surface area contributed by atoms with Crippen LogP contribution in [0.25, 0.3) is 0 Å². The highest BCUT2D eigenvalue weighted by molar-refractivity contribution is 5.75. The van der Waals surface area contributed by atoms with E-state index in [1.165, 1.54) is 38.5 Å². The zero-order chi connectivity index (χ0) is 10.0. The maximum absolute atomic E-state index is 10.8. The highest BCUT2D eigenvalue weighted by Crippen LogP contribution is 2.45. The summed E-state index contributed by atoms with van der Waals surface area (Å²) in [6.07, 6.45) is 8.21. The van der Waals surface area contributed by atoms with Gasteiger partial charge in [0.15, 0.2) is 0 Å². The Balaban J connectivity index is 1.82. The SMILES string of the molecule is NC(=O)CN1CCC2(CCCC2)CC1. The molecule has 2 fully saturated rings. The summed E-state index contributed by atoms with van der Waals surface area (Å²) in [4.78, 5) is 13.0. The van der Waals surface area contributed by atoms with Crippen molar-refractivity contribution in [1.29, 1.82) is 0 Å². The lowest BCUT2D eigenvalue weighted by molar-refractivity contribution is -0.119. The van der Waals surface area contributed by atoms with Gasteiger partial charge in [-0.05, 0) is 44.2 Å². The number of hydrogen-bond acceptors (Lipinski definition) is 2. The van der Waals surface area contributed by atoms with Crippen LogP contribution in [0.15, 0.2) is 0 Å². The summed E-state index contributed by atoms with van der Waals surface area (Å²) in [6.45, 7) is 2.60. The smallest absolute Gasteiger partial charge is 0.231 e. The number of rotatable bonds is 2. The van der Waals surface area contributed by atoms with Crippen molar-refractivity contribution in [1.82, 2.24) is 4.90 Å². The van der Waals surface area contributed by atoms with Gasteiger partial charge >= 0.3 is 0 Å². The number of likely N-dealkylation sites (tertiary alicyclic amines) is 1. The van der Waals surface area contributed by atoms with Gasteiger partial charge in [0.2, 0.25) is 5.91 Å². The molecule has 80 valence electrons. The molecule has 0 bridgehead atoms. The lowest BCUT2D eigenvalue weighted by atomic mass is 9.77. The molecule has 1 heterocycles. The van der Waals surface area contributed by atoms with Gasteiger partial charge in [-0.25, -0.2) is 0 Å². The fourth-order valence-corrected chi connectivity index (χ4v) is 3.03. The largest absolute Gasteiger partial charge is 0.369 e. The molecular formula is C11H20N2O. The van der Waals surface area contributed by atoms with Gasteiger partial charge in [0, 0.05) is 0 Å². The first-order chi connectivity index (χ1) is 6.70. The summed E-state index contributed by atoms with van der Waals surface area (Å²) in [5.41, 5.74) is 5.83. The predicted molar refractivity (Wildman–Crippen MR) is 55.8 cm³/mol. The van der Waals surface area contributed by atoms with E-state index in [9.17, 15) is 4.79 Å². The highest BCUT2D eigenvalue weighted by Gasteiger charge is 2.36.